The van der Waals surface area contributed by atoms with Crippen LogP contribution in [0.15, 0.2) is 0 Å². The third-order valence-corrected chi connectivity index (χ3v) is 3.72. The SMILES string of the molecule is CC(C)(C)OC(=O)CCC#CC(O)CCC1CCCCC1. The van der Waals surface area contributed by atoms with E-state index in [0.29, 0.717) is 12.8 Å². The molecule has 0 aromatic carbocycles. The van der Waals surface area contributed by atoms with Gasteiger partial charge in [0.15, 0.2) is 0 Å². The molecule has 120 valence electrons. The molecule has 0 aliphatic heterocycles. The van der Waals surface area contributed by atoms with Gasteiger partial charge in [-0.2, -0.15) is 0 Å². The Balaban J connectivity index is 2.14. The van der Waals surface area contributed by atoms with Crippen molar-refractivity contribution in [3.05, 3.63) is 0 Å². The van der Waals surface area contributed by atoms with Crippen LogP contribution in [0.2, 0.25) is 0 Å². The fourth-order valence-electron chi connectivity index (χ4n) is 2.69. The van der Waals surface area contributed by atoms with E-state index in [1.807, 2.05) is 20.8 Å². The smallest absolute Gasteiger partial charge is 0.307 e. The number of rotatable bonds is 5. The first-order chi connectivity index (χ1) is 9.87. The lowest BCUT2D eigenvalue weighted by Crippen LogP contribution is -2.23. The van der Waals surface area contributed by atoms with Gasteiger partial charge >= 0.3 is 5.97 Å². The number of carbonyl (C=O) groups excluding carboxylic acids is 1. The fraction of sp³-hybridized carbons (Fsp3) is 0.833. The van der Waals surface area contributed by atoms with Gasteiger partial charge in [0.25, 0.3) is 0 Å². The molecular weight excluding hydrogens is 264 g/mol. The number of aliphatic hydroxyl groups is 1. The van der Waals surface area contributed by atoms with Crippen LogP contribution in [-0.2, 0) is 9.53 Å². The van der Waals surface area contributed by atoms with Crippen molar-refractivity contribution < 1.29 is 14.6 Å². The third kappa shape index (κ3) is 9.52. The van der Waals surface area contributed by atoms with Crippen LogP contribution in [0.3, 0.4) is 0 Å². The molecule has 21 heavy (non-hydrogen) atoms. The van der Waals surface area contributed by atoms with E-state index in [0.717, 1.165) is 18.8 Å². The standard InChI is InChI=1S/C18H30O3/c1-18(2,3)21-17(20)12-8-7-11-16(19)14-13-15-9-5-4-6-10-15/h15-16,19H,4-6,8-10,12-14H2,1-3H3. The normalized spacial score (nSPS) is 17.7. The molecule has 0 bridgehead atoms. The Morgan fingerprint density at radius 2 is 1.95 bits per heavy atom. The average molecular weight is 294 g/mol. The zero-order chi connectivity index (χ0) is 15.7. The van der Waals surface area contributed by atoms with Gasteiger partial charge in [0.2, 0.25) is 0 Å². The van der Waals surface area contributed by atoms with Crippen molar-refractivity contribution in [2.24, 2.45) is 5.92 Å². The molecule has 3 heteroatoms. The lowest BCUT2D eigenvalue weighted by Gasteiger charge is -2.21. The largest absolute Gasteiger partial charge is 0.460 e. The van der Waals surface area contributed by atoms with Gasteiger partial charge in [-0.1, -0.05) is 43.9 Å². The molecule has 0 aromatic heterocycles. The van der Waals surface area contributed by atoms with Gasteiger partial charge in [0, 0.05) is 6.42 Å². The van der Waals surface area contributed by atoms with Gasteiger partial charge < -0.3 is 9.84 Å². The lowest BCUT2D eigenvalue weighted by molar-refractivity contribution is -0.154. The summed E-state index contributed by atoms with van der Waals surface area (Å²) in [5.74, 6) is 6.27. The molecule has 3 nitrogen and oxygen atoms in total. The Hall–Kier alpha value is -1.01. The van der Waals surface area contributed by atoms with E-state index in [4.69, 9.17) is 4.74 Å². The van der Waals surface area contributed by atoms with Crippen LogP contribution >= 0.6 is 0 Å². The van der Waals surface area contributed by atoms with E-state index in [1.54, 1.807) is 0 Å². The summed E-state index contributed by atoms with van der Waals surface area (Å²) in [6, 6.07) is 0. The summed E-state index contributed by atoms with van der Waals surface area (Å²) >= 11 is 0. The highest BCUT2D eigenvalue weighted by Crippen LogP contribution is 2.27. The summed E-state index contributed by atoms with van der Waals surface area (Å²) in [5, 5.41) is 9.84. The van der Waals surface area contributed by atoms with Crippen molar-refractivity contribution >= 4 is 5.97 Å². The minimum Gasteiger partial charge on any atom is -0.460 e. The summed E-state index contributed by atoms with van der Waals surface area (Å²) < 4.78 is 5.20. The van der Waals surface area contributed by atoms with Crippen molar-refractivity contribution in [2.75, 3.05) is 0 Å². The predicted molar refractivity (Wildman–Crippen MR) is 84.7 cm³/mol. The Bertz CT molecular complexity index is 364. The first-order valence-electron chi connectivity index (χ1n) is 8.25. The second-order valence-electron chi connectivity index (χ2n) is 7.00. The predicted octanol–water partition coefficient (Wildman–Crippen LogP) is 3.83. The molecule has 0 heterocycles. The van der Waals surface area contributed by atoms with E-state index < -0.39 is 11.7 Å². The van der Waals surface area contributed by atoms with Crippen LogP contribution < -0.4 is 0 Å². The maximum atomic E-state index is 11.5. The van der Waals surface area contributed by atoms with Gasteiger partial charge in [-0.25, -0.2) is 0 Å². The quantitative estimate of drug-likeness (QED) is 0.619. The zero-order valence-corrected chi connectivity index (χ0v) is 13.8. The summed E-state index contributed by atoms with van der Waals surface area (Å²) in [5.41, 5.74) is -0.440. The topological polar surface area (TPSA) is 46.5 Å². The van der Waals surface area contributed by atoms with E-state index in [9.17, 15) is 9.90 Å². The molecule has 1 aliphatic carbocycles. The highest BCUT2D eigenvalue weighted by atomic mass is 16.6. The second kappa shape index (κ2) is 9.10. The summed E-state index contributed by atoms with van der Waals surface area (Å²) in [6.07, 6.45) is 8.66. The highest BCUT2D eigenvalue weighted by Gasteiger charge is 2.16. The van der Waals surface area contributed by atoms with E-state index in [1.165, 1.54) is 32.1 Å². The van der Waals surface area contributed by atoms with E-state index >= 15 is 0 Å². The van der Waals surface area contributed by atoms with Crippen molar-refractivity contribution in [1.82, 2.24) is 0 Å². The summed E-state index contributed by atoms with van der Waals surface area (Å²) in [6.45, 7) is 5.56. The maximum Gasteiger partial charge on any atom is 0.307 e. The summed E-state index contributed by atoms with van der Waals surface area (Å²) in [7, 11) is 0. The van der Waals surface area contributed by atoms with Crippen molar-refractivity contribution in [3.8, 4) is 11.8 Å². The highest BCUT2D eigenvalue weighted by molar-refractivity contribution is 5.70. The van der Waals surface area contributed by atoms with Gasteiger partial charge in [-0.05, 0) is 39.5 Å². The molecule has 1 unspecified atom stereocenters. The second-order valence-corrected chi connectivity index (χ2v) is 7.00. The van der Waals surface area contributed by atoms with Crippen LogP contribution in [0.5, 0.6) is 0 Å². The zero-order valence-electron chi connectivity index (χ0n) is 13.8. The molecule has 1 fully saturated rings. The molecule has 1 atom stereocenters. The van der Waals surface area contributed by atoms with Gasteiger partial charge in [0.1, 0.15) is 11.7 Å². The van der Waals surface area contributed by atoms with E-state index in [-0.39, 0.29) is 5.97 Å². The van der Waals surface area contributed by atoms with Crippen LogP contribution in [-0.4, -0.2) is 22.8 Å². The number of aliphatic hydroxyl groups excluding tert-OH is 1. The van der Waals surface area contributed by atoms with Gasteiger partial charge in [-0.3, -0.25) is 4.79 Å². The van der Waals surface area contributed by atoms with Crippen LogP contribution in [0.25, 0.3) is 0 Å². The minimum atomic E-state index is -0.550. The van der Waals surface area contributed by atoms with Crippen molar-refractivity contribution in [2.45, 2.75) is 90.3 Å². The molecule has 1 rings (SSSR count). The average Bonchev–Trinajstić information content (AvgIpc) is 2.40. The Labute approximate surface area is 129 Å². The third-order valence-electron chi connectivity index (χ3n) is 3.72. The number of hydrogen-bond acceptors (Lipinski definition) is 3. The molecule has 0 saturated heterocycles. The molecule has 0 spiro atoms. The number of carbonyl (C=O) groups is 1. The van der Waals surface area contributed by atoms with Crippen LogP contribution in [0, 0.1) is 17.8 Å². The Morgan fingerprint density at radius 3 is 2.57 bits per heavy atom. The molecular formula is C18H30O3. The summed E-state index contributed by atoms with van der Waals surface area (Å²) in [4.78, 5) is 11.5. The Kier molecular flexibility index (Phi) is 7.82. The first kappa shape index (κ1) is 18.0. The van der Waals surface area contributed by atoms with E-state index in [2.05, 4.69) is 11.8 Å². The van der Waals surface area contributed by atoms with Crippen molar-refractivity contribution in [3.63, 3.8) is 0 Å². The number of ether oxygens (including phenoxy) is 1. The minimum absolute atomic E-state index is 0.228. The van der Waals surface area contributed by atoms with Crippen LogP contribution in [0.4, 0.5) is 0 Å². The molecule has 0 aromatic rings. The lowest BCUT2D eigenvalue weighted by atomic mass is 9.85. The van der Waals surface area contributed by atoms with Crippen molar-refractivity contribution in [1.29, 1.82) is 0 Å². The van der Waals surface area contributed by atoms with Gasteiger partial charge in [0.05, 0.1) is 6.42 Å². The maximum absolute atomic E-state index is 11.5. The molecule has 1 saturated carbocycles. The van der Waals surface area contributed by atoms with Crippen LogP contribution in [0.1, 0.15) is 78.6 Å². The Morgan fingerprint density at radius 1 is 1.29 bits per heavy atom. The fourth-order valence-corrected chi connectivity index (χ4v) is 2.69. The monoisotopic (exact) mass is 294 g/mol. The first-order valence-corrected chi connectivity index (χ1v) is 8.25. The molecule has 0 radical (unpaired) electrons. The molecule has 0 amide bonds. The van der Waals surface area contributed by atoms with Gasteiger partial charge in [-0.15, -0.1) is 0 Å². The molecule has 1 aliphatic rings. The number of hydrogen-bond donors (Lipinski definition) is 1. The molecule has 1 N–H and O–H groups in total. The number of esters is 1.